The van der Waals surface area contributed by atoms with Gasteiger partial charge in [0, 0.05) is 0 Å². The first-order chi connectivity index (χ1) is 7.16. The predicted molar refractivity (Wildman–Crippen MR) is 63.4 cm³/mol. The van der Waals surface area contributed by atoms with Gasteiger partial charge in [0.2, 0.25) is 0 Å². The molecule has 0 saturated carbocycles. The second kappa shape index (κ2) is 5.89. The number of hydrogen-bond acceptors (Lipinski definition) is 2. The molecule has 3 atom stereocenters. The van der Waals surface area contributed by atoms with Gasteiger partial charge >= 0.3 is 0 Å². The fourth-order valence-electron chi connectivity index (χ4n) is 1.85. The van der Waals surface area contributed by atoms with Gasteiger partial charge in [-0.05, 0) is 17.9 Å². The standard InChI is InChI=1S/C13H21NO/c1-3-7-10(2)13(15)12(14)11-8-5-4-6-9-11/h4-6,8-10,12-13,15H,3,7,14H2,1-2H3. The monoisotopic (exact) mass is 207 g/mol. The number of aliphatic hydroxyl groups excluding tert-OH is 1. The molecule has 1 aromatic rings. The zero-order valence-electron chi connectivity index (χ0n) is 9.56. The van der Waals surface area contributed by atoms with E-state index in [1.54, 1.807) is 0 Å². The lowest BCUT2D eigenvalue weighted by atomic mass is 9.90. The molecule has 84 valence electrons. The molecule has 0 spiro atoms. The van der Waals surface area contributed by atoms with Gasteiger partial charge in [-0.25, -0.2) is 0 Å². The van der Waals surface area contributed by atoms with E-state index in [1.165, 1.54) is 0 Å². The highest BCUT2D eigenvalue weighted by Crippen LogP contribution is 2.22. The van der Waals surface area contributed by atoms with Crippen molar-refractivity contribution in [3.05, 3.63) is 35.9 Å². The molecule has 0 fully saturated rings. The van der Waals surface area contributed by atoms with Crippen molar-refractivity contribution >= 4 is 0 Å². The summed E-state index contributed by atoms with van der Waals surface area (Å²) in [5, 5.41) is 10.0. The largest absolute Gasteiger partial charge is 0.391 e. The number of aliphatic hydroxyl groups is 1. The molecule has 3 unspecified atom stereocenters. The van der Waals surface area contributed by atoms with Crippen LogP contribution in [0.2, 0.25) is 0 Å². The third kappa shape index (κ3) is 3.33. The highest BCUT2D eigenvalue weighted by atomic mass is 16.3. The lowest BCUT2D eigenvalue weighted by molar-refractivity contribution is 0.0852. The molecule has 0 aliphatic heterocycles. The molecule has 0 saturated heterocycles. The van der Waals surface area contributed by atoms with E-state index in [0.717, 1.165) is 18.4 Å². The second-order valence-electron chi connectivity index (χ2n) is 4.19. The minimum atomic E-state index is -0.452. The van der Waals surface area contributed by atoms with E-state index in [-0.39, 0.29) is 12.0 Å². The first-order valence-electron chi connectivity index (χ1n) is 5.65. The maximum absolute atomic E-state index is 10.0. The number of nitrogens with two attached hydrogens (primary N) is 1. The van der Waals surface area contributed by atoms with Crippen LogP contribution in [0.4, 0.5) is 0 Å². The van der Waals surface area contributed by atoms with Crippen LogP contribution in [-0.2, 0) is 0 Å². The van der Waals surface area contributed by atoms with Crippen molar-refractivity contribution in [2.24, 2.45) is 11.7 Å². The minimum absolute atomic E-state index is 0.255. The molecule has 0 bridgehead atoms. The minimum Gasteiger partial charge on any atom is -0.391 e. The van der Waals surface area contributed by atoms with Crippen molar-refractivity contribution in [2.75, 3.05) is 0 Å². The molecular formula is C13H21NO. The maximum atomic E-state index is 10.0. The summed E-state index contributed by atoms with van der Waals surface area (Å²) in [4.78, 5) is 0. The van der Waals surface area contributed by atoms with Crippen molar-refractivity contribution in [3.8, 4) is 0 Å². The van der Waals surface area contributed by atoms with Crippen LogP contribution in [0.1, 0.15) is 38.3 Å². The highest BCUT2D eigenvalue weighted by molar-refractivity contribution is 5.19. The molecule has 2 nitrogen and oxygen atoms in total. The topological polar surface area (TPSA) is 46.2 Å². The molecule has 0 amide bonds. The normalized spacial score (nSPS) is 17.1. The van der Waals surface area contributed by atoms with Gasteiger partial charge in [0.05, 0.1) is 12.1 Å². The first-order valence-corrected chi connectivity index (χ1v) is 5.65. The van der Waals surface area contributed by atoms with Crippen LogP contribution >= 0.6 is 0 Å². The van der Waals surface area contributed by atoms with Crippen LogP contribution in [0, 0.1) is 5.92 Å². The van der Waals surface area contributed by atoms with Gasteiger partial charge in [-0.2, -0.15) is 0 Å². The van der Waals surface area contributed by atoms with E-state index >= 15 is 0 Å². The first kappa shape index (κ1) is 12.2. The Hall–Kier alpha value is -0.860. The molecule has 0 aliphatic carbocycles. The summed E-state index contributed by atoms with van der Waals surface area (Å²) >= 11 is 0. The van der Waals surface area contributed by atoms with E-state index in [2.05, 4.69) is 13.8 Å². The Labute approximate surface area is 92.1 Å². The maximum Gasteiger partial charge on any atom is 0.0758 e. The number of benzene rings is 1. The van der Waals surface area contributed by atoms with Crippen molar-refractivity contribution in [3.63, 3.8) is 0 Å². The summed E-state index contributed by atoms with van der Waals surface area (Å²) in [6, 6.07) is 9.52. The van der Waals surface area contributed by atoms with Gasteiger partial charge in [0.1, 0.15) is 0 Å². The lowest BCUT2D eigenvalue weighted by Gasteiger charge is -2.24. The van der Waals surface area contributed by atoms with Gasteiger partial charge in [-0.3, -0.25) is 0 Å². The summed E-state index contributed by atoms with van der Waals surface area (Å²) in [5.74, 6) is 0.255. The van der Waals surface area contributed by atoms with Crippen LogP contribution in [-0.4, -0.2) is 11.2 Å². The Morgan fingerprint density at radius 2 is 1.87 bits per heavy atom. The third-order valence-electron chi connectivity index (χ3n) is 2.88. The van der Waals surface area contributed by atoms with E-state index in [0.29, 0.717) is 0 Å². The summed E-state index contributed by atoms with van der Waals surface area (Å²) < 4.78 is 0. The zero-order chi connectivity index (χ0) is 11.3. The fourth-order valence-corrected chi connectivity index (χ4v) is 1.85. The smallest absolute Gasteiger partial charge is 0.0758 e. The van der Waals surface area contributed by atoms with Crippen LogP contribution in [0.5, 0.6) is 0 Å². The molecule has 0 heterocycles. The van der Waals surface area contributed by atoms with E-state index in [1.807, 2.05) is 30.3 Å². The molecule has 0 aromatic heterocycles. The van der Waals surface area contributed by atoms with Crippen LogP contribution in [0.3, 0.4) is 0 Å². The van der Waals surface area contributed by atoms with Gasteiger partial charge < -0.3 is 10.8 Å². The van der Waals surface area contributed by atoms with E-state index in [4.69, 9.17) is 5.73 Å². The molecular weight excluding hydrogens is 186 g/mol. The predicted octanol–water partition coefficient (Wildman–Crippen LogP) is 2.48. The van der Waals surface area contributed by atoms with E-state index < -0.39 is 6.10 Å². The molecule has 1 rings (SSSR count). The molecule has 0 radical (unpaired) electrons. The quantitative estimate of drug-likeness (QED) is 0.779. The molecule has 1 aromatic carbocycles. The van der Waals surface area contributed by atoms with Gasteiger partial charge in [-0.1, -0.05) is 50.6 Å². The Morgan fingerprint density at radius 1 is 1.27 bits per heavy atom. The van der Waals surface area contributed by atoms with Crippen LogP contribution < -0.4 is 5.73 Å². The van der Waals surface area contributed by atoms with Crippen molar-refractivity contribution in [2.45, 2.75) is 38.8 Å². The van der Waals surface area contributed by atoms with E-state index in [9.17, 15) is 5.11 Å². The molecule has 2 heteroatoms. The van der Waals surface area contributed by atoms with Crippen molar-refractivity contribution in [1.29, 1.82) is 0 Å². The lowest BCUT2D eigenvalue weighted by Crippen LogP contribution is -2.31. The number of rotatable bonds is 5. The average molecular weight is 207 g/mol. The summed E-state index contributed by atoms with van der Waals surface area (Å²) in [6.07, 6.45) is 1.65. The average Bonchev–Trinajstić information content (AvgIpc) is 2.28. The SMILES string of the molecule is CCCC(C)C(O)C(N)c1ccccc1. The van der Waals surface area contributed by atoms with Crippen molar-refractivity contribution in [1.82, 2.24) is 0 Å². The van der Waals surface area contributed by atoms with Crippen LogP contribution in [0.15, 0.2) is 30.3 Å². The Balaban J connectivity index is 2.64. The molecule has 3 N–H and O–H groups in total. The van der Waals surface area contributed by atoms with Crippen LogP contribution in [0.25, 0.3) is 0 Å². The second-order valence-corrected chi connectivity index (χ2v) is 4.19. The Bertz CT molecular complexity index is 273. The third-order valence-corrected chi connectivity index (χ3v) is 2.88. The van der Waals surface area contributed by atoms with Gasteiger partial charge in [-0.15, -0.1) is 0 Å². The highest BCUT2D eigenvalue weighted by Gasteiger charge is 2.21. The summed E-state index contributed by atoms with van der Waals surface area (Å²) in [5.41, 5.74) is 7.03. The van der Waals surface area contributed by atoms with Crippen molar-refractivity contribution < 1.29 is 5.11 Å². The fraction of sp³-hybridized carbons (Fsp3) is 0.538. The Morgan fingerprint density at radius 3 is 2.40 bits per heavy atom. The Kier molecular flexibility index (Phi) is 4.79. The summed E-state index contributed by atoms with van der Waals surface area (Å²) in [6.45, 7) is 4.17. The van der Waals surface area contributed by atoms with Gasteiger partial charge in [0.25, 0.3) is 0 Å². The number of hydrogen-bond donors (Lipinski definition) is 2. The molecule has 15 heavy (non-hydrogen) atoms. The summed E-state index contributed by atoms with van der Waals surface area (Å²) in [7, 11) is 0. The zero-order valence-corrected chi connectivity index (χ0v) is 9.56. The van der Waals surface area contributed by atoms with Gasteiger partial charge in [0.15, 0.2) is 0 Å². The molecule has 0 aliphatic rings.